The summed E-state index contributed by atoms with van der Waals surface area (Å²) in [6, 6.07) is 0. The van der Waals surface area contributed by atoms with E-state index in [0.29, 0.717) is 24.7 Å². The SMILES string of the molecule is CCC(C)(OC(=O)C1(C(=O)O)CCCC1)C1CC2CC1C1CCCC21. The van der Waals surface area contributed by atoms with Crippen molar-refractivity contribution in [1.82, 2.24) is 0 Å². The molecule has 4 fully saturated rings. The molecule has 0 aliphatic heterocycles. The number of ether oxygens (including phenoxy) is 1. The summed E-state index contributed by atoms with van der Waals surface area (Å²) in [5.41, 5.74) is -1.79. The van der Waals surface area contributed by atoms with Crippen molar-refractivity contribution in [2.24, 2.45) is 35.0 Å². The van der Waals surface area contributed by atoms with Gasteiger partial charge in [0.25, 0.3) is 0 Å². The number of hydrogen-bond acceptors (Lipinski definition) is 3. The number of carboxylic acid groups (broad SMARTS) is 1. The Hall–Kier alpha value is -1.06. The van der Waals surface area contributed by atoms with Crippen molar-refractivity contribution in [3.05, 3.63) is 0 Å². The third-order valence-corrected chi connectivity index (χ3v) is 8.50. The van der Waals surface area contributed by atoms with Crippen molar-refractivity contribution in [2.45, 2.75) is 83.7 Å². The zero-order valence-corrected chi connectivity index (χ0v) is 15.6. The molecule has 1 N–H and O–H groups in total. The Morgan fingerprint density at radius 3 is 2.40 bits per heavy atom. The summed E-state index contributed by atoms with van der Waals surface area (Å²) >= 11 is 0. The average Bonchev–Trinajstić information content (AvgIpc) is 3.35. The second kappa shape index (κ2) is 5.99. The number of rotatable bonds is 5. The summed E-state index contributed by atoms with van der Waals surface area (Å²) in [6.07, 6.45) is 9.83. The fourth-order valence-electron chi connectivity index (χ4n) is 6.97. The van der Waals surface area contributed by atoms with Crippen molar-refractivity contribution in [3.8, 4) is 0 Å². The molecule has 140 valence electrons. The molecule has 0 amide bonds. The van der Waals surface area contributed by atoms with E-state index in [1.165, 1.54) is 32.1 Å². The lowest BCUT2D eigenvalue weighted by molar-refractivity contribution is -0.186. The molecule has 0 aromatic carbocycles. The molecule has 0 aromatic heterocycles. The number of esters is 1. The monoisotopic (exact) mass is 348 g/mol. The first-order chi connectivity index (χ1) is 11.9. The largest absolute Gasteiger partial charge is 0.480 e. The van der Waals surface area contributed by atoms with Crippen LogP contribution in [0.5, 0.6) is 0 Å². The van der Waals surface area contributed by atoms with Gasteiger partial charge in [-0.3, -0.25) is 9.59 Å². The van der Waals surface area contributed by atoms with Gasteiger partial charge in [0.05, 0.1) is 0 Å². The molecule has 0 heterocycles. The summed E-state index contributed by atoms with van der Waals surface area (Å²) in [5, 5.41) is 9.70. The number of fused-ring (bicyclic) bond motifs is 5. The number of carboxylic acids is 1. The van der Waals surface area contributed by atoms with Crippen LogP contribution in [0.3, 0.4) is 0 Å². The first-order valence-corrected chi connectivity index (χ1v) is 10.4. The van der Waals surface area contributed by atoms with E-state index >= 15 is 0 Å². The molecule has 4 aliphatic rings. The van der Waals surface area contributed by atoms with Gasteiger partial charge >= 0.3 is 11.9 Å². The molecule has 0 saturated heterocycles. The van der Waals surface area contributed by atoms with Gasteiger partial charge in [0, 0.05) is 5.92 Å². The molecule has 4 rings (SSSR count). The molecule has 0 aromatic rings. The maximum atomic E-state index is 13.0. The number of hydrogen-bond donors (Lipinski definition) is 1. The lowest BCUT2D eigenvalue weighted by Crippen LogP contribution is -2.49. The molecule has 2 bridgehead atoms. The van der Waals surface area contributed by atoms with E-state index in [1.807, 2.05) is 0 Å². The normalized spacial score (nSPS) is 40.6. The van der Waals surface area contributed by atoms with Crippen LogP contribution in [0, 0.1) is 35.0 Å². The molecule has 4 aliphatic carbocycles. The lowest BCUT2D eigenvalue weighted by Gasteiger charge is -2.43. The van der Waals surface area contributed by atoms with Crippen LogP contribution in [-0.4, -0.2) is 22.6 Å². The summed E-state index contributed by atoms with van der Waals surface area (Å²) in [4.78, 5) is 24.8. The van der Waals surface area contributed by atoms with E-state index in [0.717, 1.165) is 37.0 Å². The van der Waals surface area contributed by atoms with Gasteiger partial charge < -0.3 is 9.84 Å². The van der Waals surface area contributed by atoms with Crippen molar-refractivity contribution >= 4 is 11.9 Å². The van der Waals surface area contributed by atoms with Crippen LogP contribution in [0.2, 0.25) is 0 Å². The maximum Gasteiger partial charge on any atom is 0.324 e. The molecular formula is C21H32O4. The predicted octanol–water partition coefficient (Wildman–Crippen LogP) is 4.42. The zero-order chi connectivity index (χ0) is 17.8. The highest BCUT2D eigenvalue weighted by molar-refractivity contribution is 5.99. The summed E-state index contributed by atoms with van der Waals surface area (Å²) < 4.78 is 6.10. The van der Waals surface area contributed by atoms with E-state index in [2.05, 4.69) is 13.8 Å². The van der Waals surface area contributed by atoms with Crippen LogP contribution >= 0.6 is 0 Å². The number of carbonyl (C=O) groups is 2. The fourth-order valence-corrected chi connectivity index (χ4v) is 6.97. The quantitative estimate of drug-likeness (QED) is 0.590. The van der Waals surface area contributed by atoms with Gasteiger partial charge in [-0.2, -0.15) is 0 Å². The first-order valence-electron chi connectivity index (χ1n) is 10.4. The Balaban J connectivity index is 1.53. The Labute approximate surface area is 150 Å². The molecule has 4 nitrogen and oxygen atoms in total. The van der Waals surface area contributed by atoms with Crippen LogP contribution in [0.15, 0.2) is 0 Å². The van der Waals surface area contributed by atoms with Gasteiger partial charge in [-0.05, 0) is 75.5 Å². The molecule has 4 heteroatoms. The van der Waals surface area contributed by atoms with Crippen molar-refractivity contribution < 1.29 is 19.4 Å². The number of carbonyl (C=O) groups excluding carboxylic acids is 1. The Bertz CT molecular complexity index is 564. The van der Waals surface area contributed by atoms with Gasteiger partial charge in [-0.15, -0.1) is 0 Å². The molecule has 4 saturated carbocycles. The molecule has 6 unspecified atom stereocenters. The van der Waals surface area contributed by atoms with E-state index in [4.69, 9.17) is 4.74 Å². The topological polar surface area (TPSA) is 63.6 Å². The highest BCUT2D eigenvalue weighted by atomic mass is 16.6. The van der Waals surface area contributed by atoms with Crippen LogP contribution < -0.4 is 0 Å². The van der Waals surface area contributed by atoms with Gasteiger partial charge in [0.15, 0.2) is 5.41 Å². The Kier molecular flexibility index (Phi) is 4.16. The summed E-state index contributed by atoms with van der Waals surface area (Å²) in [7, 11) is 0. The Morgan fingerprint density at radius 2 is 1.76 bits per heavy atom. The smallest absolute Gasteiger partial charge is 0.324 e. The Morgan fingerprint density at radius 1 is 1.08 bits per heavy atom. The fraction of sp³-hybridized carbons (Fsp3) is 0.905. The van der Waals surface area contributed by atoms with Crippen molar-refractivity contribution in [2.75, 3.05) is 0 Å². The lowest BCUT2D eigenvalue weighted by atomic mass is 9.68. The van der Waals surface area contributed by atoms with Crippen molar-refractivity contribution in [1.29, 1.82) is 0 Å². The van der Waals surface area contributed by atoms with Crippen LogP contribution in [-0.2, 0) is 14.3 Å². The molecular weight excluding hydrogens is 316 g/mol. The first kappa shape index (κ1) is 17.4. The second-order valence-electron chi connectivity index (χ2n) is 9.41. The average molecular weight is 348 g/mol. The van der Waals surface area contributed by atoms with E-state index in [9.17, 15) is 14.7 Å². The minimum atomic E-state index is -1.29. The molecule has 25 heavy (non-hydrogen) atoms. The maximum absolute atomic E-state index is 13.0. The van der Waals surface area contributed by atoms with Gasteiger partial charge in [0.2, 0.25) is 0 Å². The van der Waals surface area contributed by atoms with Gasteiger partial charge in [-0.1, -0.05) is 26.2 Å². The van der Waals surface area contributed by atoms with E-state index < -0.39 is 23.0 Å². The van der Waals surface area contributed by atoms with Crippen molar-refractivity contribution in [3.63, 3.8) is 0 Å². The van der Waals surface area contributed by atoms with Gasteiger partial charge in [-0.25, -0.2) is 0 Å². The predicted molar refractivity (Wildman–Crippen MR) is 93.9 cm³/mol. The minimum absolute atomic E-state index is 0.415. The molecule has 0 spiro atoms. The van der Waals surface area contributed by atoms with Gasteiger partial charge in [0.1, 0.15) is 5.60 Å². The third kappa shape index (κ3) is 2.46. The highest BCUT2D eigenvalue weighted by Crippen LogP contribution is 2.63. The second-order valence-corrected chi connectivity index (χ2v) is 9.41. The standard InChI is InChI=1S/C21H32O4/c1-3-20(2,25-19(24)21(18(22)23)9-4-5-10-21)17-12-13-11-16(17)15-8-6-7-14(13)15/h13-17H,3-12H2,1-2H3,(H,22,23). The van der Waals surface area contributed by atoms with E-state index in [-0.39, 0.29) is 0 Å². The number of aliphatic carboxylic acids is 1. The summed E-state index contributed by atoms with van der Waals surface area (Å²) in [5.74, 6) is 2.20. The van der Waals surface area contributed by atoms with Crippen LogP contribution in [0.1, 0.15) is 78.1 Å². The molecule has 0 radical (unpaired) electrons. The molecule has 6 atom stereocenters. The summed E-state index contributed by atoms with van der Waals surface area (Å²) in [6.45, 7) is 4.16. The van der Waals surface area contributed by atoms with Crippen LogP contribution in [0.4, 0.5) is 0 Å². The van der Waals surface area contributed by atoms with E-state index in [1.54, 1.807) is 0 Å². The minimum Gasteiger partial charge on any atom is -0.480 e. The zero-order valence-electron chi connectivity index (χ0n) is 15.6. The highest BCUT2D eigenvalue weighted by Gasteiger charge is 2.60. The third-order valence-electron chi connectivity index (χ3n) is 8.50. The van der Waals surface area contributed by atoms with Crippen LogP contribution in [0.25, 0.3) is 0 Å².